The van der Waals surface area contributed by atoms with Crippen molar-refractivity contribution in [2.75, 3.05) is 13.2 Å². The van der Waals surface area contributed by atoms with Crippen LogP contribution in [0.5, 0.6) is 0 Å². The highest BCUT2D eigenvalue weighted by Crippen LogP contribution is 2.46. The summed E-state index contributed by atoms with van der Waals surface area (Å²) in [7, 11) is 0. The fourth-order valence-electron chi connectivity index (χ4n) is 4.09. The monoisotopic (exact) mass is 270 g/mol. The molecule has 1 aromatic carbocycles. The minimum Gasteiger partial charge on any atom is -0.396 e. The summed E-state index contributed by atoms with van der Waals surface area (Å²) in [6, 6.07) is 11.3. The number of nitrogens with one attached hydrogen (secondary N) is 1. The van der Waals surface area contributed by atoms with Crippen LogP contribution in [0.15, 0.2) is 24.3 Å². The molecule has 0 saturated heterocycles. The van der Waals surface area contributed by atoms with Crippen LogP contribution < -0.4 is 5.32 Å². The molecule has 0 aromatic heterocycles. The summed E-state index contributed by atoms with van der Waals surface area (Å²) < 4.78 is 0. The molecule has 3 nitrogen and oxygen atoms in total. The van der Waals surface area contributed by atoms with Gasteiger partial charge in [0, 0.05) is 6.61 Å². The van der Waals surface area contributed by atoms with Crippen molar-refractivity contribution in [1.29, 1.82) is 5.26 Å². The Morgan fingerprint density at radius 1 is 1.20 bits per heavy atom. The van der Waals surface area contributed by atoms with E-state index >= 15 is 0 Å². The van der Waals surface area contributed by atoms with Gasteiger partial charge in [0.1, 0.15) is 5.54 Å². The zero-order chi connectivity index (χ0) is 14.0. The van der Waals surface area contributed by atoms with E-state index in [1.54, 1.807) is 0 Å². The first-order valence-corrected chi connectivity index (χ1v) is 7.64. The number of hydrogen-bond acceptors (Lipinski definition) is 3. The first-order chi connectivity index (χ1) is 9.80. The summed E-state index contributed by atoms with van der Waals surface area (Å²) in [5.74, 6) is 0.805. The molecule has 0 spiro atoms. The van der Waals surface area contributed by atoms with E-state index in [-0.39, 0.29) is 6.61 Å². The van der Waals surface area contributed by atoms with Gasteiger partial charge in [-0.1, -0.05) is 24.3 Å². The average Bonchev–Trinajstić information content (AvgIpc) is 2.71. The molecule has 2 aliphatic rings. The average molecular weight is 270 g/mol. The van der Waals surface area contributed by atoms with Gasteiger partial charge in [0.05, 0.1) is 6.07 Å². The van der Waals surface area contributed by atoms with Gasteiger partial charge in [0.25, 0.3) is 0 Å². The second kappa shape index (κ2) is 5.55. The summed E-state index contributed by atoms with van der Waals surface area (Å²) in [6.45, 7) is 0.914. The largest absolute Gasteiger partial charge is 0.396 e. The van der Waals surface area contributed by atoms with Crippen LogP contribution in [0.4, 0.5) is 0 Å². The molecule has 0 heterocycles. The fraction of sp³-hybridized carbons (Fsp3) is 0.588. The Balaban J connectivity index is 1.89. The van der Waals surface area contributed by atoms with Crippen molar-refractivity contribution in [2.24, 2.45) is 11.8 Å². The van der Waals surface area contributed by atoms with Crippen LogP contribution >= 0.6 is 0 Å². The Labute approximate surface area is 120 Å². The maximum Gasteiger partial charge on any atom is 0.113 e. The van der Waals surface area contributed by atoms with E-state index in [4.69, 9.17) is 5.11 Å². The molecule has 0 amide bonds. The quantitative estimate of drug-likeness (QED) is 0.823. The Morgan fingerprint density at radius 2 is 1.80 bits per heavy atom. The van der Waals surface area contributed by atoms with E-state index in [0.717, 1.165) is 38.6 Å². The zero-order valence-electron chi connectivity index (χ0n) is 11.8. The molecule has 2 atom stereocenters. The SMILES string of the molecule is N#CC1(NCCCO)C2CCC1Cc1ccccc1C2. The van der Waals surface area contributed by atoms with Crippen LogP contribution in [-0.4, -0.2) is 23.8 Å². The lowest BCUT2D eigenvalue weighted by Crippen LogP contribution is -2.52. The molecular weight excluding hydrogens is 248 g/mol. The molecular formula is C17H22N2O. The van der Waals surface area contributed by atoms with Gasteiger partial charge in [-0.3, -0.25) is 5.32 Å². The smallest absolute Gasteiger partial charge is 0.113 e. The van der Waals surface area contributed by atoms with Crippen LogP contribution in [0, 0.1) is 23.2 Å². The van der Waals surface area contributed by atoms with Crippen molar-refractivity contribution in [2.45, 2.75) is 37.6 Å². The van der Waals surface area contributed by atoms with E-state index in [2.05, 4.69) is 35.7 Å². The first-order valence-electron chi connectivity index (χ1n) is 7.64. The second-order valence-electron chi connectivity index (χ2n) is 6.13. The molecule has 20 heavy (non-hydrogen) atoms. The Bertz CT molecular complexity index is 487. The molecule has 0 aliphatic heterocycles. The number of aliphatic hydroxyl groups is 1. The van der Waals surface area contributed by atoms with Gasteiger partial charge in [-0.2, -0.15) is 5.26 Å². The van der Waals surface area contributed by atoms with Gasteiger partial charge in [-0.25, -0.2) is 0 Å². The minimum absolute atomic E-state index is 0.185. The molecule has 2 unspecified atom stereocenters. The summed E-state index contributed by atoms with van der Waals surface area (Å²) in [5.41, 5.74) is 2.44. The number of hydrogen-bond donors (Lipinski definition) is 2. The lowest BCUT2D eigenvalue weighted by molar-refractivity contribution is 0.235. The van der Waals surface area contributed by atoms with Crippen molar-refractivity contribution >= 4 is 0 Å². The van der Waals surface area contributed by atoms with Gasteiger partial charge < -0.3 is 5.11 Å². The topological polar surface area (TPSA) is 56.0 Å². The Hall–Kier alpha value is -1.37. The van der Waals surface area contributed by atoms with Crippen LogP contribution in [-0.2, 0) is 12.8 Å². The second-order valence-corrected chi connectivity index (χ2v) is 6.13. The van der Waals surface area contributed by atoms with E-state index in [1.165, 1.54) is 11.1 Å². The van der Waals surface area contributed by atoms with Gasteiger partial charge in [-0.15, -0.1) is 0 Å². The number of aliphatic hydroxyl groups excluding tert-OH is 1. The summed E-state index contributed by atoms with van der Waals surface area (Å²) in [5, 5.41) is 22.3. The number of rotatable bonds is 4. The standard InChI is InChI=1S/C17H22N2O/c18-12-17(19-8-3-9-20)15-6-7-16(17)11-14-5-2-1-4-13(14)10-15/h1-2,4-5,15-16,19-20H,3,6-11H2. The maximum absolute atomic E-state index is 9.85. The molecule has 1 aromatic rings. The molecule has 1 fully saturated rings. The molecule has 2 bridgehead atoms. The predicted molar refractivity (Wildman–Crippen MR) is 78.1 cm³/mol. The van der Waals surface area contributed by atoms with Crippen molar-refractivity contribution < 1.29 is 5.11 Å². The predicted octanol–water partition coefficient (Wildman–Crippen LogP) is 2.05. The highest BCUT2D eigenvalue weighted by Gasteiger charge is 2.51. The molecule has 0 radical (unpaired) electrons. The number of nitriles is 1. The fourth-order valence-corrected chi connectivity index (χ4v) is 4.09. The molecule has 106 valence electrons. The maximum atomic E-state index is 9.85. The van der Waals surface area contributed by atoms with Gasteiger partial charge in [0.15, 0.2) is 0 Å². The molecule has 3 heteroatoms. The van der Waals surface area contributed by atoms with Crippen molar-refractivity contribution in [3.8, 4) is 6.07 Å². The first kappa shape index (κ1) is 13.6. The van der Waals surface area contributed by atoms with Gasteiger partial charge in [-0.05, 0) is 61.6 Å². The van der Waals surface area contributed by atoms with Crippen LogP contribution in [0.3, 0.4) is 0 Å². The van der Waals surface area contributed by atoms with Crippen LogP contribution in [0.25, 0.3) is 0 Å². The highest BCUT2D eigenvalue weighted by molar-refractivity contribution is 5.34. The normalized spacial score (nSPS) is 31.4. The molecule has 3 rings (SSSR count). The highest BCUT2D eigenvalue weighted by atomic mass is 16.3. The van der Waals surface area contributed by atoms with Crippen molar-refractivity contribution in [1.82, 2.24) is 5.32 Å². The summed E-state index contributed by atoms with van der Waals surface area (Å²) >= 11 is 0. The molecule has 2 N–H and O–H groups in total. The van der Waals surface area contributed by atoms with E-state index in [1.807, 2.05) is 0 Å². The number of fused-ring (bicyclic) bond motifs is 3. The zero-order valence-corrected chi connectivity index (χ0v) is 11.8. The number of benzene rings is 1. The van der Waals surface area contributed by atoms with Gasteiger partial charge >= 0.3 is 0 Å². The van der Waals surface area contributed by atoms with Crippen molar-refractivity contribution in [3.05, 3.63) is 35.4 Å². The van der Waals surface area contributed by atoms with Gasteiger partial charge in [0.2, 0.25) is 0 Å². The Morgan fingerprint density at radius 3 is 2.30 bits per heavy atom. The van der Waals surface area contributed by atoms with E-state index in [0.29, 0.717) is 11.8 Å². The lowest BCUT2D eigenvalue weighted by atomic mass is 9.80. The Kier molecular flexibility index (Phi) is 3.78. The third kappa shape index (κ3) is 2.13. The number of nitrogens with zero attached hydrogens (tertiary/aromatic N) is 1. The van der Waals surface area contributed by atoms with Crippen LogP contribution in [0.1, 0.15) is 30.4 Å². The third-order valence-electron chi connectivity index (χ3n) is 5.14. The summed E-state index contributed by atoms with van der Waals surface area (Å²) in [6.07, 6.45) is 5.01. The minimum atomic E-state index is -0.395. The molecule has 1 saturated carbocycles. The van der Waals surface area contributed by atoms with E-state index in [9.17, 15) is 5.26 Å². The molecule has 2 aliphatic carbocycles. The van der Waals surface area contributed by atoms with E-state index < -0.39 is 5.54 Å². The lowest BCUT2D eigenvalue weighted by Gasteiger charge is -2.33. The van der Waals surface area contributed by atoms with Crippen molar-refractivity contribution in [3.63, 3.8) is 0 Å². The van der Waals surface area contributed by atoms with Crippen LogP contribution in [0.2, 0.25) is 0 Å². The third-order valence-corrected chi connectivity index (χ3v) is 5.14. The summed E-state index contributed by atoms with van der Waals surface area (Å²) in [4.78, 5) is 0.